The van der Waals surface area contributed by atoms with Crippen molar-refractivity contribution >= 4 is 34.0 Å². The van der Waals surface area contributed by atoms with E-state index < -0.39 is 5.97 Å². The second-order valence-electron chi connectivity index (χ2n) is 7.26. The number of unbranched alkanes of at least 4 members (excludes halogenated alkanes) is 1. The number of benzene rings is 2. The summed E-state index contributed by atoms with van der Waals surface area (Å²) in [5.74, 6) is -0.167. The lowest BCUT2D eigenvalue weighted by Gasteiger charge is -2.12. The van der Waals surface area contributed by atoms with Crippen molar-refractivity contribution in [1.82, 2.24) is 14.5 Å². The third-order valence-electron chi connectivity index (χ3n) is 5.04. The van der Waals surface area contributed by atoms with Crippen LogP contribution in [0.3, 0.4) is 0 Å². The molecule has 0 aliphatic rings. The summed E-state index contributed by atoms with van der Waals surface area (Å²) in [6, 6.07) is 13.7. The monoisotopic (exact) mass is 388 g/mol. The van der Waals surface area contributed by atoms with E-state index in [1.54, 1.807) is 0 Å². The molecular weight excluding hydrogens is 364 g/mol. The Kier molecular flexibility index (Phi) is 4.92. The largest absolute Gasteiger partial charge is 0.462 e. The maximum absolute atomic E-state index is 12.9. The smallest absolute Gasteiger partial charge is 0.344 e. The van der Waals surface area contributed by atoms with Gasteiger partial charge in [-0.15, -0.1) is 0 Å². The summed E-state index contributed by atoms with van der Waals surface area (Å²) in [5.41, 5.74) is 12.3. The molecule has 2 aromatic heterocycles. The van der Waals surface area contributed by atoms with Crippen molar-refractivity contribution in [2.24, 2.45) is 0 Å². The summed E-state index contributed by atoms with van der Waals surface area (Å²) in [6.07, 6.45) is 1.74. The average molecular weight is 388 g/mol. The molecule has 29 heavy (non-hydrogen) atoms. The van der Waals surface area contributed by atoms with E-state index in [9.17, 15) is 4.79 Å². The Morgan fingerprint density at radius 3 is 2.55 bits per heavy atom. The van der Waals surface area contributed by atoms with Gasteiger partial charge in [0, 0.05) is 0 Å². The highest BCUT2D eigenvalue weighted by molar-refractivity contribution is 6.09. The number of nitrogens with two attached hydrogens (primary N) is 1. The van der Waals surface area contributed by atoms with Crippen molar-refractivity contribution in [3.8, 4) is 5.69 Å². The number of esters is 1. The predicted molar refractivity (Wildman–Crippen MR) is 115 cm³/mol. The molecule has 6 heteroatoms. The Morgan fingerprint density at radius 2 is 1.83 bits per heavy atom. The number of aromatic nitrogens is 3. The number of ether oxygens (including phenoxy) is 1. The molecule has 0 aliphatic heterocycles. The van der Waals surface area contributed by atoms with Crippen LogP contribution in [-0.2, 0) is 4.74 Å². The van der Waals surface area contributed by atoms with E-state index in [1.165, 1.54) is 0 Å². The van der Waals surface area contributed by atoms with Crippen LogP contribution in [0.15, 0.2) is 42.5 Å². The number of carbonyl (C=O) groups excluding carboxylic acids is 1. The molecule has 0 radical (unpaired) electrons. The van der Waals surface area contributed by atoms with Gasteiger partial charge in [0.1, 0.15) is 16.9 Å². The highest BCUT2D eigenvalue weighted by atomic mass is 16.5. The lowest BCUT2D eigenvalue weighted by molar-refractivity contribution is 0.0503. The maximum atomic E-state index is 12.9. The highest BCUT2D eigenvalue weighted by Crippen LogP contribution is 2.33. The van der Waals surface area contributed by atoms with E-state index in [1.807, 2.05) is 67.8 Å². The number of para-hydroxylation sites is 2. The first kappa shape index (κ1) is 18.9. The summed E-state index contributed by atoms with van der Waals surface area (Å²) in [6.45, 7) is 6.43. The number of hydrogen-bond donors (Lipinski definition) is 1. The van der Waals surface area contributed by atoms with Crippen molar-refractivity contribution < 1.29 is 9.53 Å². The minimum absolute atomic E-state index is 0.273. The van der Waals surface area contributed by atoms with Gasteiger partial charge in [0.15, 0.2) is 5.65 Å². The van der Waals surface area contributed by atoms with E-state index in [4.69, 9.17) is 20.4 Å². The second-order valence-corrected chi connectivity index (χ2v) is 7.26. The number of rotatable bonds is 5. The van der Waals surface area contributed by atoms with Gasteiger partial charge in [0.2, 0.25) is 0 Å². The van der Waals surface area contributed by atoms with Gasteiger partial charge in [-0.1, -0.05) is 37.6 Å². The van der Waals surface area contributed by atoms with Crippen LogP contribution in [0.25, 0.3) is 27.9 Å². The molecule has 0 bridgehead atoms. The SMILES string of the molecule is CCCCOC(=O)c1c(N)n(-c2cc(C)ccc2C)c2nc3ccccc3nc12. The summed E-state index contributed by atoms with van der Waals surface area (Å²) < 4.78 is 7.29. The molecule has 6 nitrogen and oxygen atoms in total. The van der Waals surface area contributed by atoms with Gasteiger partial charge in [0.05, 0.1) is 23.3 Å². The van der Waals surface area contributed by atoms with Gasteiger partial charge in [-0.25, -0.2) is 14.8 Å². The Bertz CT molecular complexity index is 1230. The Morgan fingerprint density at radius 1 is 1.10 bits per heavy atom. The summed E-state index contributed by atoms with van der Waals surface area (Å²) in [4.78, 5) is 22.4. The molecule has 4 aromatic rings. The Labute approximate surface area is 169 Å². The van der Waals surface area contributed by atoms with Crippen LogP contribution in [0, 0.1) is 13.8 Å². The van der Waals surface area contributed by atoms with Crippen molar-refractivity contribution in [3.05, 3.63) is 59.2 Å². The first-order valence-electron chi connectivity index (χ1n) is 9.82. The van der Waals surface area contributed by atoms with E-state index in [0.29, 0.717) is 29.1 Å². The zero-order valence-corrected chi connectivity index (χ0v) is 16.9. The molecule has 2 heterocycles. The summed E-state index contributed by atoms with van der Waals surface area (Å²) in [5, 5.41) is 0. The molecule has 2 N–H and O–H groups in total. The van der Waals surface area contributed by atoms with Gasteiger partial charge >= 0.3 is 5.97 Å². The van der Waals surface area contributed by atoms with Crippen LogP contribution in [-0.4, -0.2) is 27.1 Å². The molecule has 0 spiro atoms. The molecular formula is C23H24N4O2. The Hall–Kier alpha value is -3.41. The molecule has 0 aliphatic carbocycles. The lowest BCUT2D eigenvalue weighted by atomic mass is 10.1. The number of hydrogen-bond acceptors (Lipinski definition) is 5. The highest BCUT2D eigenvalue weighted by Gasteiger charge is 2.26. The van der Waals surface area contributed by atoms with Crippen LogP contribution in [0.1, 0.15) is 41.3 Å². The minimum Gasteiger partial charge on any atom is -0.462 e. The van der Waals surface area contributed by atoms with E-state index in [2.05, 4.69) is 0 Å². The van der Waals surface area contributed by atoms with Gasteiger partial charge in [-0.3, -0.25) is 4.57 Å². The van der Waals surface area contributed by atoms with E-state index >= 15 is 0 Å². The van der Waals surface area contributed by atoms with E-state index in [-0.39, 0.29) is 5.56 Å². The second kappa shape index (κ2) is 7.54. The third-order valence-corrected chi connectivity index (χ3v) is 5.04. The van der Waals surface area contributed by atoms with Crippen molar-refractivity contribution in [2.45, 2.75) is 33.6 Å². The van der Waals surface area contributed by atoms with Crippen LogP contribution >= 0.6 is 0 Å². The number of fused-ring (bicyclic) bond motifs is 2. The summed E-state index contributed by atoms with van der Waals surface area (Å²) in [7, 11) is 0. The molecule has 0 amide bonds. The van der Waals surface area contributed by atoms with Crippen molar-refractivity contribution in [2.75, 3.05) is 12.3 Å². The zero-order chi connectivity index (χ0) is 20.5. The minimum atomic E-state index is -0.463. The average Bonchev–Trinajstić information content (AvgIpc) is 2.99. The quantitative estimate of drug-likeness (QED) is 0.395. The number of aryl methyl sites for hydroxylation is 2. The molecule has 0 fully saturated rings. The first-order valence-corrected chi connectivity index (χ1v) is 9.82. The van der Waals surface area contributed by atoms with Gasteiger partial charge in [-0.2, -0.15) is 0 Å². The lowest BCUT2D eigenvalue weighted by Crippen LogP contribution is -2.10. The molecule has 4 rings (SSSR count). The van der Waals surface area contributed by atoms with Gasteiger partial charge < -0.3 is 10.5 Å². The molecule has 0 unspecified atom stereocenters. The van der Waals surface area contributed by atoms with Gasteiger partial charge in [-0.05, 0) is 49.6 Å². The number of nitrogens with zero attached hydrogens (tertiary/aromatic N) is 3. The van der Waals surface area contributed by atoms with Crippen LogP contribution < -0.4 is 5.73 Å². The number of anilines is 1. The van der Waals surface area contributed by atoms with Crippen molar-refractivity contribution in [3.63, 3.8) is 0 Å². The van der Waals surface area contributed by atoms with Crippen LogP contribution in [0.4, 0.5) is 5.82 Å². The topological polar surface area (TPSA) is 83.0 Å². The van der Waals surface area contributed by atoms with Crippen molar-refractivity contribution in [1.29, 1.82) is 0 Å². The normalized spacial score (nSPS) is 11.3. The summed E-state index contributed by atoms with van der Waals surface area (Å²) >= 11 is 0. The standard InChI is InChI=1S/C23H24N4O2/c1-4-5-12-29-23(28)19-20-22(26-17-9-7-6-8-16(17)25-20)27(21(19)24)18-13-14(2)10-11-15(18)3/h6-11,13H,4-5,12,24H2,1-3H3. The van der Waals surface area contributed by atoms with Crippen LogP contribution in [0.5, 0.6) is 0 Å². The molecule has 0 saturated heterocycles. The maximum Gasteiger partial charge on any atom is 0.344 e. The van der Waals surface area contributed by atoms with Crippen LogP contribution in [0.2, 0.25) is 0 Å². The molecule has 0 atom stereocenters. The van der Waals surface area contributed by atoms with E-state index in [0.717, 1.165) is 35.2 Å². The zero-order valence-electron chi connectivity index (χ0n) is 16.9. The fourth-order valence-corrected chi connectivity index (χ4v) is 3.45. The third kappa shape index (κ3) is 3.31. The number of nitrogen functional groups attached to an aromatic ring is 1. The fourth-order valence-electron chi connectivity index (χ4n) is 3.45. The fraction of sp³-hybridized carbons (Fsp3) is 0.261. The molecule has 2 aromatic carbocycles. The molecule has 0 saturated carbocycles. The first-order chi connectivity index (χ1) is 14.0. The number of carbonyl (C=O) groups is 1. The van der Waals surface area contributed by atoms with Gasteiger partial charge in [0.25, 0.3) is 0 Å². The Balaban J connectivity index is 2.02. The molecule has 148 valence electrons. The predicted octanol–water partition coefficient (Wildman–Crippen LogP) is 4.73.